The van der Waals surface area contributed by atoms with Gasteiger partial charge in [0, 0.05) is 31.7 Å². The minimum absolute atomic E-state index is 0.0998. The number of carbonyl (C=O) groups is 1. The number of hydrogen-bond donors (Lipinski definition) is 3. The van der Waals surface area contributed by atoms with Crippen LogP contribution in [0.2, 0.25) is 0 Å². The van der Waals surface area contributed by atoms with E-state index in [1.54, 1.807) is 38.4 Å². The number of amides is 1. The predicted molar refractivity (Wildman–Crippen MR) is 116 cm³/mol. The van der Waals surface area contributed by atoms with Crippen molar-refractivity contribution in [1.29, 1.82) is 0 Å². The predicted octanol–water partition coefficient (Wildman–Crippen LogP) is 2.10. The summed E-state index contributed by atoms with van der Waals surface area (Å²) in [4.78, 5) is 18.8. The summed E-state index contributed by atoms with van der Waals surface area (Å²) in [6.45, 7) is 11.0. The number of nitrogens with one attached hydrogen (secondary N) is 3. The van der Waals surface area contributed by atoms with Crippen molar-refractivity contribution in [2.45, 2.75) is 39.7 Å². The SMILES string of the molecule is CCN(CC)CCCC(C)NC(=NC)NCCNC(=O)c1ccc(OC)cc1. The fourth-order valence-corrected chi connectivity index (χ4v) is 2.86. The van der Waals surface area contributed by atoms with Crippen molar-refractivity contribution in [2.24, 2.45) is 4.99 Å². The van der Waals surface area contributed by atoms with Gasteiger partial charge in [0.2, 0.25) is 0 Å². The molecule has 0 fully saturated rings. The van der Waals surface area contributed by atoms with Gasteiger partial charge in [-0.25, -0.2) is 0 Å². The molecule has 3 N–H and O–H groups in total. The first-order chi connectivity index (χ1) is 13.5. The molecule has 1 aromatic carbocycles. The molecule has 158 valence electrons. The highest BCUT2D eigenvalue weighted by Crippen LogP contribution is 2.10. The molecule has 7 nitrogen and oxygen atoms in total. The summed E-state index contributed by atoms with van der Waals surface area (Å²) in [6.07, 6.45) is 2.25. The average Bonchev–Trinajstić information content (AvgIpc) is 2.73. The molecular weight excluding hydrogens is 354 g/mol. The van der Waals surface area contributed by atoms with Gasteiger partial charge in [0.05, 0.1) is 7.11 Å². The minimum Gasteiger partial charge on any atom is -0.497 e. The molecule has 28 heavy (non-hydrogen) atoms. The van der Waals surface area contributed by atoms with Gasteiger partial charge in [0.1, 0.15) is 5.75 Å². The maximum absolute atomic E-state index is 12.1. The van der Waals surface area contributed by atoms with Gasteiger partial charge in [-0.3, -0.25) is 9.79 Å². The van der Waals surface area contributed by atoms with Gasteiger partial charge in [-0.1, -0.05) is 13.8 Å². The van der Waals surface area contributed by atoms with E-state index in [1.807, 2.05) is 0 Å². The highest BCUT2D eigenvalue weighted by molar-refractivity contribution is 5.94. The Morgan fingerprint density at radius 2 is 1.79 bits per heavy atom. The average molecular weight is 392 g/mol. The van der Waals surface area contributed by atoms with Gasteiger partial charge >= 0.3 is 0 Å². The molecule has 0 heterocycles. The Bertz CT molecular complexity index is 585. The smallest absolute Gasteiger partial charge is 0.251 e. The lowest BCUT2D eigenvalue weighted by atomic mass is 10.2. The molecular formula is C21H37N5O2. The van der Waals surface area contributed by atoms with E-state index in [1.165, 1.54) is 0 Å². The number of aliphatic imine (C=N–C) groups is 1. The molecule has 0 bridgehead atoms. The number of nitrogens with zero attached hydrogens (tertiary/aromatic N) is 2. The maximum atomic E-state index is 12.1. The van der Waals surface area contributed by atoms with E-state index in [2.05, 4.69) is 46.6 Å². The van der Waals surface area contributed by atoms with Gasteiger partial charge in [0.25, 0.3) is 5.91 Å². The quantitative estimate of drug-likeness (QED) is 0.289. The van der Waals surface area contributed by atoms with E-state index < -0.39 is 0 Å². The second-order valence-corrected chi connectivity index (χ2v) is 6.70. The van der Waals surface area contributed by atoms with E-state index in [4.69, 9.17) is 4.74 Å². The Balaban J connectivity index is 2.25. The molecule has 0 aromatic heterocycles. The second-order valence-electron chi connectivity index (χ2n) is 6.70. The van der Waals surface area contributed by atoms with Crippen LogP contribution < -0.4 is 20.7 Å². The fraction of sp³-hybridized carbons (Fsp3) is 0.619. The summed E-state index contributed by atoms with van der Waals surface area (Å²) < 4.78 is 5.10. The van der Waals surface area contributed by atoms with E-state index >= 15 is 0 Å². The van der Waals surface area contributed by atoms with Crippen LogP contribution in [0.3, 0.4) is 0 Å². The fourth-order valence-electron chi connectivity index (χ4n) is 2.86. The molecule has 1 rings (SSSR count). The Kier molecular flexibility index (Phi) is 11.7. The number of rotatable bonds is 12. The first-order valence-corrected chi connectivity index (χ1v) is 10.2. The zero-order valence-electron chi connectivity index (χ0n) is 18.0. The Morgan fingerprint density at radius 1 is 1.14 bits per heavy atom. The van der Waals surface area contributed by atoms with Gasteiger partial charge in [0.15, 0.2) is 5.96 Å². The number of methoxy groups -OCH3 is 1. The molecule has 0 spiro atoms. The van der Waals surface area contributed by atoms with Gasteiger partial charge in [-0.05, 0) is 63.7 Å². The number of hydrogen-bond acceptors (Lipinski definition) is 4. The van der Waals surface area contributed by atoms with Gasteiger partial charge in [-0.2, -0.15) is 0 Å². The molecule has 1 unspecified atom stereocenters. The van der Waals surface area contributed by atoms with E-state index in [0.29, 0.717) is 24.7 Å². The molecule has 0 aliphatic carbocycles. The first-order valence-electron chi connectivity index (χ1n) is 10.2. The standard InChI is InChI=1S/C21H37N5O2/c1-6-26(7-2)16-8-9-17(3)25-21(22-4)24-15-14-23-20(27)18-10-12-19(28-5)13-11-18/h10-13,17H,6-9,14-16H2,1-5H3,(H,23,27)(H2,22,24,25). The van der Waals surface area contributed by atoms with Crippen molar-refractivity contribution in [3.63, 3.8) is 0 Å². The Labute approximate surface area is 169 Å². The van der Waals surface area contributed by atoms with Crippen LogP contribution in [0.5, 0.6) is 5.75 Å². The Morgan fingerprint density at radius 3 is 2.36 bits per heavy atom. The summed E-state index contributed by atoms with van der Waals surface area (Å²) in [5.41, 5.74) is 0.616. The van der Waals surface area contributed by atoms with E-state index in [-0.39, 0.29) is 5.91 Å². The largest absolute Gasteiger partial charge is 0.497 e. The van der Waals surface area contributed by atoms with Crippen LogP contribution in [-0.4, -0.2) is 69.7 Å². The summed E-state index contributed by atoms with van der Waals surface area (Å²) >= 11 is 0. The Hall–Kier alpha value is -2.28. The second kappa shape index (κ2) is 13.8. The van der Waals surface area contributed by atoms with E-state index in [9.17, 15) is 4.79 Å². The molecule has 0 aliphatic heterocycles. The third kappa shape index (κ3) is 9.08. The van der Waals surface area contributed by atoms with Crippen molar-refractivity contribution in [1.82, 2.24) is 20.9 Å². The molecule has 0 saturated carbocycles. The summed E-state index contributed by atoms with van der Waals surface area (Å²) in [5.74, 6) is 1.39. The normalized spacial score (nSPS) is 12.6. The molecule has 0 radical (unpaired) electrons. The van der Waals surface area contributed by atoms with Crippen LogP contribution in [0, 0.1) is 0 Å². The van der Waals surface area contributed by atoms with Gasteiger partial charge < -0.3 is 25.6 Å². The number of benzene rings is 1. The topological polar surface area (TPSA) is 78.0 Å². The lowest BCUT2D eigenvalue weighted by Gasteiger charge is -2.21. The molecule has 1 atom stereocenters. The van der Waals surface area contributed by atoms with Crippen LogP contribution in [0.4, 0.5) is 0 Å². The zero-order chi connectivity index (χ0) is 20.8. The highest BCUT2D eigenvalue weighted by atomic mass is 16.5. The van der Waals surface area contributed by atoms with E-state index in [0.717, 1.165) is 44.2 Å². The van der Waals surface area contributed by atoms with Crippen molar-refractivity contribution in [3.05, 3.63) is 29.8 Å². The highest BCUT2D eigenvalue weighted by Gasteiger charge is 2.07. The molecule has 7 heteroatoms. The lowest BCUT2D eigenvalue weighted by Crippen LogP contribution is -2.45. The first kappa shape index (κ1) is 23.8. The molecule has 1 amide bonds. The van der Waals surface area contributed by atoms with Crippen LogP contribution in [0.1, 0.15) is 44.0 Å². The number of ether oxygens (including phenoxy) is 1. The number of guanidine groups is 1. The number of carbonyl (C=O) groups excluding carboxylic acids is 1. The molecule has 1 aromatic rings. The third-order valence-electron chi connectivity index (χ3n) is 4.67. The van der Waals surface area contributed by atoms with Crippen LogP contribution in [-0.2, 0) is 0 Å². The van der Waals surface area contributed by atoms with Crippen LogP contribution in [0.15, 0.2) is 29.3 Å². The van der Waals surface area contributed by atoms with Crippen molar-refractivity contribution < 1.29 is 9.53 Å². The molecule has 0 aliphatic rings. The zero-order valence-corrected chi connectivity index (χ0v) is 18.0. The summed E-state index contributed by atoms with van der Waals surface area (Å²) in [6, 6.07) is 7.40. The van der Waals surface area contributed by atoms with Gasteiger partial charge in [-0.15, -0.1) is 0 Å². The van der Waals surface area contributed by atoms with Crippen molar-refractivity contribution in [3.8, 4) is 5.75 Å². The summed E-state index contributed by atoms with van der Waals surface area (Å²) in [5, 5.41) is 9.54. The van der Waals surface area contributed by atoms with Crippen molar-refractivity contribution in [2.75, 3.05) is 46.9 Å². The van der Waals surface area contributed by atoms with Crippen molar-refractivity contribution >= 4 is 11.9 Å². The minimum atomic E-state index is -0.0998. The van der Waals surface area contributed by atoms with Crippen LogP contribution >= 0.6 is 0 Å². The monoisotopic (exact) mass is 391 g/mol. The van der Waals surface area contributed by atoms with Crippen LogP contribution in [0.25, 0.3) is 0 Å². The maximum Gasteiger partial charge on any atom is 0.251 e. The summed E-state index contributed by atoms with van der Waals surface area (Å²) in [7, 11) is 3.36. The molecule has 0 saturated heterocycles. The third-order valence-corrected chi connectivity index (χ3v) is 4.67. The lowest BCUT2D eigenvalue weighted by molar-refractivity contribution is 0.0954.